The molecule has 0 aromatic heterocycles. The number of hydrogen-bond acceptors (Lipinski definition) is 4. The molecular weight excluding hydrogens is 400 g/mol. The van der Waals surface area contributed by atoms with Gasteiger partial charge < -0.3 is 15.1 Å². The predicted octanol–water partition coefficient (Wildman–Crippen LogP) is 2.72. The van der Waals surface area contributed by atoms with Crippen LogP contribution in [-0.4, -0.2) is 61.4 Å². The van der Waals surface area contributed by atoms with Gasteiger partial charge in [0.1, 0.15) is 0 Å². The summed E-state index contributed by atoms with van der Waals surface area (Å²) in [5, 5.41) is 3.06. The standard InChI is InChI=1S/C26H34N4O2/c1-19-6-4-9-24(20(19)2)30-18-23(15-25(30)31)26(32)27-16-21-7-5-8-22(14-21)17-29-12-10-28(3)11-13-29/h4-9,14,23H,10-13,15-18H2,1-3H3,(H,27,32). The summed E-state index contributed by atoms with van der Waals surface area (Å²) in [7, 11) is 2.17. The number of carbonyl (C=O) groups is 2. The van der Waals surface area contributed by atoms with E-state index in [2.05, 4.69) is 46.4 Å². The fraction of sp³-hybridized carbons (Fsp3) is 0.462. The second-order valence-electron chi connectivity index (χ2n) is 9.24. The van der Waals surface area contributed by atoms with Crippen molar-refractivity contribution in [2.24, 2.45) is 5.92 Å². The molecule has 0 aliphatic carbocycles. The topological polar surface area (TPSA) is 55.9 Å². The average molecular weight is 435 g/mol. The molecule has 0 spiro atoms. The van der Waals surface area contributed by atoms with E-state index in [0.29, 0.717) is 13.1 Å². The van der Waals surface area contributed by atoms with Gasteiger partial charge in [-0.15, -0.1) is 0 Å². The zero-order valence-electron chi connectivity index (χ0n) is 19.4. The molecule has 6 heteroatoms. The van der Waals surface area contributed by atoms with Crippen molar-refractivity contribution in [1.29, 1.82) is 0 Å². The van der Waals surface area contributed by atoms with Crippen LogP contribution in [-0.2, 0) is 22.7 Å². The Bertz CT molecular complexity index is 982. The Kier molecular flexibility index (Phi) is 6.92. The van der Waals surface area contributed by atoms with Crippen molar-refractivity contribution in [3.05, 3.63) is 64.7 Å². The number of benzene rings is 2. The highest BCUT2D eigenvalue weighted by Gasteiger charge is 2.35. The largest absolute Gasteiger partial charge is 0.352 e. The van der Waals surface area contributed by atoms with E-state index in [9.17, 15) is 9.59 Å². The molecule has 1 N–H and O–H groups in total. The molecule has 2 saturated heterocycles. The molecule has 2 fully saturated rings. The Morgan fingerprint density at radius 2 is 1.75 bits per heavy atom. The van der Waals surface area contributed by atoms with Gasteiger partial charge in [-0.2, -0.15) is 0 Å². The first kappa shape index (κ1) is 22.5. The molecule has 170 valence electrons. The number of piperazine rings is 1. The van der Waals surface area contributed by atoms with Crippen LogP contribution in [0, 0.1) is 19.8 Å². The zero-order valence-corrected chi connectivity index (χ0v) is 19.4. The van der Waals surface area contributed by atoms with E-state index < -0.39 is 0 Å². The third kappa shape index (κ3) is 5.19. The highest BCUT2D eigenvalue weighted by molar-refractivity contribution is 6.00. The van der Waals surface area contributed by atoms with E-state index in [1.807, 2.05) is 32.0 Å². The van der Waals surface area contributed by atoms with Crippen LogP contribution in [0.25, 0.3) is 0 Å². The summed E-state index contributed by atoms with van der Waals surface area (Å²) >= 11 is 0. The minimum atomic E-state index is -0.309. The lowest BCUT2D eigenvalue weighted by Crippen LogP contribution is -2.43. The van der Waals surface area contributed by atoms with Crippen molar-refractivity contribution < 1.29 is 9.59 Å². The molecule has 2 aliphatic rings. The molecule has 2 amide bonds. The number of rotatable bonds is 6. The summed E-state index contributed by atoms with van der Waals surface area (Å²) < 4.78 is 0. The second-order valence-corrected chi connectivity index (χ2v) is 9.24. The van der Waals surface area contributed by atoms with E-state index in [-0.39, 0.29) is 24.2 Å². The number of likely N-dealkylation sites (N-methyl/N-ethyl adjacent to an activating group) is 1. The molecule has 1 atom stereocenters. The summed E-state index contributed by atoms with van der Waals surface area (Å²) in [6.45, 7) is 10.3. The molecule has 0 saturated carbocycles. The number of nitrogens with one attached hydrogen (secondary N) is 1. The Balaban J connectivity index is 1.32. The third-order valence-corrected chi connectivity index (χ3v) is 6.82. The first-order chi connectivity index (χ1) is 15.4. The number of anilines is 1. The van der Waals surface area contributed by atoms with Crippen molar-refractivity contribution in [2.75, 3.05) is 44.7 Å². The molecule has 2 aromatic rings. The van der Waals surface area contributed by atoms with Gasteiger partial charge in [-0.25, -0.2) is 0 Å². The van der Waals surface area contributed by atoms with Crippen LogP contribution >= 0.6 is 0 Å². The molecule has 32 heavy (non-hydrogen) atoms. The van der Waals surface area contributed by atoms with Gasteiger partial charge in [0, 0.05) is 57.9 Å². The molecule has 2 aliphatic heterocycles. The third-order valence-electron chi connectivity index (χ3n) is 6.82. The molecular formula is C26H34N4O2. The molecule has 2 aromatic carbocycles. The fourth-order valence-corrected chi connectivity index (χ4v) is 4.58. The van der Waals surface area contributed by atoms with Crippen LogP contribution in [0.1, 0.15) is 28.7 Å². The van der Waals surface area contributed by atoms with Crippen LogP contribution in [0.5, 0.6) is 0 Å². The van der Waals surface area contributed by atoms with Gasteiger partial charge >= 0.3 is 0 Å². The minimum absolute atomic E-state index is 0.0213. The van der Waals surface area contributed by atoms with Crippen molar-refractivity contribution in [3.63, 3.8) is 0 Å². The molecule has 6 nitrogen and oxygen atoms in total. The highest BCUT2D eigenvalue weighted by atomic mass is 16.2. The van der Waals surface area contributed by atoms with Gasteiger partial charge in [0.05, 0.1) is 5.92 Å². The number of amides is 2. The lowest BCUT2D eigenvalue weighted by atomic mass is 10.1. The summed E-state index contributed by atoms with van der Waals surface area (Å²) in [6, 6.07) is 14.4. The summed E-state index contributed by atoms with van der Waals surface area (Å²) in [5.41, 5.74) is 5.54. The van der Waals surface area contributed by atoms with E-state index in [1.54, 1.807) is 4.90 Å². The average Bonchev–Trinajstić information content (AvgIpc) is 3.17. The highest BCUT2D eigenvalue weighted by Crippen LogP contribution is 2.29. The maximum absolute atomic E-state index is 12.8. The van der Waals surface area contributed by atoms with Crippen LogP contribution in [0.3, 0.4) is 0 Å². The van der Waals surface area contributed by atoms with Crippen molar-refractivity contribution >= 4 is 17.5 Å². The van der Waals surface area contributed by atoms with Crippen LogP contribution < -0.4 is 10.2 Å². The van der Waals surface area contributed by atoms with Gasteiger partial charge in [0.15, 0.2) is 0 Å². The SMILES string of the molecule is Cc1cccc(N2CC(C(=O)NCc3cccc(CN4CCN(C)CC4)c3)CC2=O)c1C. The van der Waals surface area contributed by atoms with E-state index in [1.165, 1.54) is 5.56 Å². The van der Waals surface area contributed by atoms with E-state index >= 15 is 0 Å². The Hall–Kier alpha value is -2.70. The molecule has 1 unspecified atom stereocenters. The molecule has 4 rings (SSSR count). The summed E-state index contributed by atoms with van der Waals surface area (Å²) in [5.74, 6) is -0.334. The van der Waals surface area contributed by atoms with Gasteiger partial charge in [-0.05, 0) is 49.2 Å². The predicted molar refractivity (Wildman–Crippen MR) is 127 cm³/mol. The van der Waals surface area contributed by atoms with Gasteiger partial charge in [-0.3, -0.25) is 14.5 Å². The normalized spacial score (nSPS) is 20.0. The van der Waals surface area contributed by atoms with Gasteiger partial charge in [0.2, 0.25) is 11.8 Å². The number of hydrogen-bond donors (Lipinski definition) is 1. The maximum atomic E-state index is 12.8. The Morgan fingerprint density at radius 1 is 1.03 bits per heavy atom. The maximum Gasteiger partial charge on any atom is 0.227 e. The monoisotopic (exact) mass is 434 g/mol. The molecule has 2 heterocycles. The number of carbonyl (C=O) groups excluding carboxylic acids is 2. The van der Waals surface area contributed by atoms with Crippen LogP contribution in [0.2, 0.25) is 0 Å². The fourth-order valence-electron chi connectivity index (χ4n) is 4.58. The molecule has 0 bridgehead atoms. The number of nitrogens with zero attached hydrogens (tertiary/aromatic N) is 3. The first-order valence-electron chi connectivity index (χ1n) is 11.5. The minimum Gasteiger partial charge on any atom is -0.352 e. The van der Waals surface area contributed by atoms with Gasteiger partial charge in [0.25, 0.3) is 0 Å². The molecule has 0 radical (unpaired) electrons. The van der Waals surface area contributed by atoms with Crippen LogP contribution in [0.15, 0.2) is 42.5 Å². The van der Waals surface area contributed by atoms with Crippen molar-refractivity contribution in [1.82, 2.24) is 15.1 Å². The van der Waals surface area contributed by atoms with E-state index in [0.717, 1.165) is 55.1 Å². The van der Waals surface area contributed by atoms with Gasteiger partial charge in [-0.1, -0.05) is 36.4 Å². The first-order valence-corrected chi connectivity index (χ1v) is 11.5. The Labute approximate surface area is 191 Å². The smallest absolute Gasteiger partial charge is 0.227 e. The number of aryl methyl sites for hydroxylation is 1. The lowest BCUT2D eigenvalue weighted by molar-refractivity contribution is -0.126. The van der Waals surface area contributed by atoms with E-state index in [4.69, 9.17) is 0 Å². The van der Waals surface area contributed by atoms with Crippen molar-refractivity contribution in [3.8, 4) is 0 Å². The summed E-state index contributed by atoms with van der Waals surface area (Å²) in [4.78, 5) is 32.0. The second kappa shape index (κ2) is 9.84. The quantitative estimate of drug-likeness (QED) is 0.760. The summed E-state index contributed by atoms with van der Waals surface area (Å²) in [6.07, 6.45) is 0.267. The lowest BCUT2D eigenvalue weighted by Gasteiger charge is -2.32. The zero-order chi connectivity index (χ0) is 22.7. The van der Waals surface area contributed by atoms with Crippen molar-refractivity contribution in [2.45, 2.75) is 33.4 Å². The Morgan fingerprint density at radius 3 is 2.53 bits per heavy atom. The van der Waals surface area contributed by atoms with Crippen LogP contribution in [0.4, 0.5) is 5.69 Å².